The predicted molar refractivity (Wildman–Crippen MR) is 105 cm³/mol. The van der Waals surface area contributed by atoms with Crippen molar-refractivity contribution in [2.45, 2.75) is 23.8 Å². The fourth-order valence-electron chi connectivity index (χ4n) is 2.55. The summed E-state index contributed by atoms with van der Waals surface area (Å²) in [7, 11) is -0.829. The van der Waals surface area contributed by atoms with Crippen molar-refractivity contribution in [3.63, 3.8) is 0 Å². The fraction of sp³-hybridized carbons (Fsp3) is 0.350. The number of esters is 1. The van der Waals surface area contributed by atoms with Crippen LogP contribution in [0.25, 0.3) is 0 Å². The van der Waals surface area contributed by atoms with Crippen LogP contribution < -0.4 is 18.9 Å². The summed E-state index contributed by atoms with van der Waals surface area (Å²) in [5.74, 6) is 0.849. The molecule has 0 atom stereocenters. The third-order valence-electron chi connectivity index (χ3n) is 4.23. The number of carbonyl (C=O) groups excluding carboxylic acids is 1. The van der Waals surface area contributed by atoms with Crippen LogP contribution in [0, 0.1) is 0 Å². The number of ether oxygens (including phenoxy) is 4. The minimum Gasteiger partial charge on any atom is -0.497 e. The Morgan fingerprint density at radius 2 is 1.69 bits per heavy atom. The minimum atomic E-state index is -3.78. The second kappa shape index (κ2) is 9.15. The summed E-state index contributed by atoms with van der Waals surface area (Å²) in [5.41, 5.74) is 0.117. The summed E-state index contributed by atoms with van der Waals surface area (Å²) >= 11 is 0. The zero-order chi connectivity index (χ0) is 20.9. The van der Waals surface area contributed by atoms with E-state index in [1.807, 2.05) is 0 Å². The number of rotatable bonds is 10. The van der Waals surface area contributed by atoms with E-state index in [2.05, 4.69) is 4.72 Å². The molecule has 9 heteroatoms. The summed E-state index contributed by atoms with van der Waals surface area (Å²) in [6.45, 7) is 0.169. The summed E-state index contributed by atoms with van der Waals surface area (Å²) in [5, 5.41) is 0. The molecule has 1 saturated carbocycles. The van der Waals surface area contributed by atoms with Gasteiger partial charge in [0.25, 0.3) is 0 Å². The largest absolute Gasteiger partial charge is 0.497 e. The van der Waals surface area contributed by atoms with Crippen LogP contribution in [0.1, 0.15) is 23.2 Å². The molecule has 2 aromatic carbocycles. The van der Waals surface area contributed by atoms with Gasteiger partial charge in [0.05, 0.1) is 19.8 Å². The van der Waals surface area contributed by atoms with E-state index in [0.717, 1.165) is 12.8 Å². The topological polar surface area (TPSA) is 100 Å². The van der Waals surface area contributed by atoms with Crippen LogP contribution in [0.2, 0.25) is 0 Å². The lowest BCUT2D eigenvalue weighted by Gasteiger charge is -2.12. The third-order valence-corrected chi connectivity index (χ3v) is 5.77. The van der Waals surface area contributed by atoms with Gasteiger partial charge in [-0.05, 0) is 55.3 Å². The van der Waals surface area contributed by atoms with E-state index >= 15 is 0 Å². The van der Waals surface area contributed by atoms with Gasteiger partial charge in [-0.2, -0.15) is 0 Å². The van der Waals surface area contributed by atoms with Crippen molar-refractivity contribution in [3.05, 3.63) is 48.0 Å². The molecule has 0 heterocycles. The van der Waals surface area contributed by atoms with Crippen LogP contribution in [0.5, 0.6) is 17.2 Å². The second-order valence-corrected chi connectivity index (χ2v) is 8.10. The Morgan fingerprint density at radius 1 is 1.00 bits per heavy atom. The third kappa shape index (κ3) is 5.61. The highest BCUT2D eigenvalue weighted by Crippen LogP contribution is 2.28. The van der Waals surface area contributed by atoms with Gasteiger partial charge in [0.2, 0.25) is 10.0 Å². The molecule has 29 heavy (non-hydrogen) atoms. The highest BCUT2D eigenvalue weighted by molar-refractivity contribution is 7.89. The number of hydrogen-bond donors (Lipinski definition) is 1. The van der Waals surface area contributed by atoms with Gasteiger partial charge in [-0.3, -0.25) is 0 Å². The Balaban J connectivity index is 1.59. The number of hydrogen-bond acceptors (Lipinski definition) is 7. The summed E-state index contributed by atoms with van der Waals surface area (Å²) in [4.78, 5) is 12.2. The Labute approximate surface area is 169 Å². The number of nitrogens with one attached hydrogen (secondary N) is 1. The van der Waals surface area contributed by atoms with Crippen molar-refractivity contribution < 1.29 is 32.2 Å². The van der Waals surface area contributed by atoms with E-state index in [1.165, 1.54) is 25.3 Å². The Hall–Kier alpha value is -2.78. The molecule has 0 aliphatic heterocycles. The number of benzene rings is 2. The zero-order valence-electron chi connectivity index (χ0n) is 16.2. The van der Waals surface area contributed by atoms with Crippen molar-refractivity contribution in [3.8, 4) is 17.2 Å². The van der Waals surface area contributed by atoms with Crippen molar-refractivity contribution in [1.82, 2.24) is 4.72 Å². The maximum absolute atomic E-state index is 12.5. The van der Waals surface area contributed by atoms with E-state index in [4.69, 9.17) is 18.9 Å². The SMILES string of the molecule is COc1ccc(OCCOC(=O)c2ccc(OC)c(S(=O)(=O)NC3CC3)c2)cc1. The van der Waals surface area contributed by atoms with Gasteiger partial charge in [-0.15, -0.1) is 0 Å². The standard InChI is InChI=1S/C20H23NO7S/c1-25-16-6-8-17(9-7-16)27-11-12-28-20(22)14-3-10-18(26-2)19(13-14)29(23,24)21-15-4-5-15/h3,6-10,13,15,21H,4-5,11-12H2,1-2H3. The predicted octanol–water partition coefficient (Wildman–Crippen LogP) is 2.38. The lowest BCUT2D eigenvalue weighted by molar-refractivity contribution is 0.0450. The van der Waals surface area contributed by atoms with E-state index in [9.17, 15) is 13.2 Å². The van der Waals surface area contributed by atoms with Gasteiger partial charge in [-0.25, -0.2) is 17.9 Å². The number of carbonyl (C=O) groups is 1. The Bertz CT molecular complexity index is 953. The first-order valence-electron chi connectivity index (χ1n) is 9.07. The molecule has 0 saturated heterocycles. The average molecular weight is 421 g/mol. The molecule has 8 nitrogen and oxygen atoms in total. The highest BCUT2D eigenvalue weighted by atomic mass is 32.2. The Morgan fingerprint density at radius 3 is 2.31 bits per heavy atom. The smallest absolute Gasteiger partial charge is 0.338 e. The molecule has 0 unspecified atom stereocenters. The first-order valence-corrected chi connectivity index (χ1v) is 10.6. The number of methoxy groups -OCH3 is 2. The maximum atomic E-state index is 12.5. The minimum absolute atomic E-state index is 0.0132. The van der Waals surface area contributed by atoms with Gasteiger partial charge in [-0.1, -0.05) is 0 Å². The molecular weight excluding hydrogens is 398 g/mol. The van der Waals surface area contributed by atoms with E-state index in [-0.39, 0.29) is 35.5 Å². The van der Waals surface area contributed by atoms with Crippen molar-refractivity contribution in [2.75, 3.05) is 27.4 Å². The molecule has 0 amide bonds. The van der Waals surface area contributed by atoms with Gasteiger partial charge in [0, 0.05) is 6.04 Å². The van der Waals surface area contributed by atoms with Gasteiger partial charge >= 0.3 is 5.97 Å². The summed E-state index contributed by atoms with van der Waals surface area (Å²) in [6.07, 6.45) is 1.61. The van der Waals surface area contributed by atoms with Crippen LogP contribution >= 0.6 is 0 Å². The van der Waals surface area contributed by atoms with E-state index in [0.29, 0.717) is 11.5 Å². The quantitative estimate of drug-likeness (QED) is 0.464. The fourth-order valence-corrected chi connectivity index (χ4v) is 4.05. The van der Waals surface area contributed by atoms with Gasteiger partial charge < -0.3 is 18.9 Å². The van der Waals surface area contributed by atoms with Crippen LogP contribution in [-0.4, -0.2) is 47.9 Å². The van der Waals surface area contributed by atoms with Crippen LogP contribution in [0.3, 0.4) is 0 Å². The van der Waals surface area contributed by atoms with E-state index in [1.54, 1.807) is 31.4 Å². The molecule has 0 bridgehead atoms. The molecular formula is C20H23NO7S. The molecule has 3 rings (SSSR count). The van der Waals surface area contributed by atoms with Crippen LogP contribution in [-0.2, 0) is 14.8 Å². The lowest BCUT2D eigenvalue weighted by Crippen LogP contribution is -2.26. The van der Waals surface area contributed by atoms with Crippen LogP contribution in [0.4, 0.5) is 0 Å². The van der Waals surface area contributed by atoms with Crippen molar-refractivity contribution in [1.29, 1.82) is 0 Å². The monoisotopic (exact) mass is 421 g/mol. The molecule has 1 aliphatic rings. The van der Waals surface area contributed by atoms with Gasteiger partial charge in [0.15, 0.2) is 0 Å². The molecule has 0 radical (unpaired) electrons. The normalized spacial score (nSPS) is 13.6. The highest BCUT2D eigenvalue weighted by Gasteiger charge is 2.30. The number of sulfonamides is 1. The zero-order valence-corrected chi connectivity index (χ0v) is 17.0. The van der Waals surface area contributed by atoms with Crippen molar-refractivity contribution in [2.24, 2.45) is 0 Å². The molecule has 0 spiro atoms. The lowest BCUT2D eigenvalue weighted by atomic mass is 10.2. The van der Waals surface area contributed by atoms with Gasteiger partial charge in [0.1, 0.15) is 35.4 Å². The molecule has 2 aromatic rings. The van der Waals surface area contributed by atoms with Crippen molar-refractivity contribution >= 4 is 16.0 Å². The molecule has 1 N–H and O–H groups in total. The molecule has 156 valence electrons. The maximum Gasteiger partial charge on any atom is 0.338 e. The first-order chi connectivity index (χ1) is 13.9. The molecule has 0 aromatic heterocycles. The Kier molecular flexibility index (Phi) is 6.60. The first kappa shape index (κ1) is 20.9. The summed E-state index contributed by atoms with van der Waals surface area (Å²) < 4.78 is 48.5. The second-order valence-electron chi connectivity index (χ2n) is 6.42. The average Bonchev–Trinajstić information content (AvgIpc) is 3.54. The molecule has 1 fully saturated rings. The van der Waals surface area contributed by atoms with Crippen LogP contribution in [0.15, 0.2) is 47.4 Å². The van der Waals surface area contributed by atoms with E-state index < -0.39 is 16.0 Å². The molecule has 1 aliphatic carbocycles. The summed E-state index contributed by atoms with van der Waals surface area (Å²) in [6, 6.07) is 11.1.